The smallest absolute Gasteiger partial charge is 0.236 e. The van der Waals surface area contributed by atoms with Crippen LogP contribution in [0.1, 0.15) is 38.3 Å². The predicted molar refractivity (Wildman–Crippen MR) is 74.8 cm³/mol. The maximum absolute atomic E-state index is 12.2. The normalized spacial score (nSPS) is 18.9. The van der Waals surface area contributed by atoms with E-state index >= 15 is 0 Å². The van der Waals surface area contributed by atoms with Crippen LogP contribution in [0.3, 0.4) is 0 Å². The van der Waals surface area contributed by atoms with Gasteiger partial charge in [0.05, 0.1) is 5.41 Å². The lowest BCUT2D eigenvalue weighted by atomic mass is 9.85. The number of carbonyl (C=O) groups excluding carboxylic acids is 1. The summed E-state index contributed by atoms with van der Waals surface area (Å²) >= 11 is 0. The van der Waals surface area contributed by atoms with Gasteiger partial charge in [0, 0.05) is 18.8 Å². The molecule has 2 N–H and O–H groups in total. The second-order valence-electron chi connectivity index (χ2n) is 5.86. The molecule has 0 saturated carbocycles. The number of nitrogens with two attached hydrogens (primary N) is 1. The molecule has 1 heterocycles. The molecule has 3 heteroatoms. The Labute approximate surface area is 109 Å². The van der Waals surface area contributed by atoms with Gasteiger partial charge in [0.25, 0.3) is 0 Å². The van der Waals surface area contributed by atoms with Gasteiger partial charge in [0.15, 0.2) is 0 Å². The van der Waals surface area contributed by atoms with E-state index in [9.17, 15) is 4.79 Å². The molecule has 2 rings (SSSR count). The number of hydrogen-bond donors (Lipinski definition) is 1. The van der Waals surface area contributed by atoms with Gasteiger partial charge in [-0.1, -0.05) is 12.1 Å². The van der Waals surface area contributed by atoms with Crippen LogP contribution in [-0.4, -0.2) is 19.0 Å². The van der Waals surface area contributed by atoms with E-state index in [0.29, 0.717) is 0 Å². The van der Waals surface area contributed by atoms with Gasteiger partial charge in [-0.25, -0.2) is 0 Å². The van der Waals surface area contributed by atoms with Crippen molar-refractivity contribution in [2.45, 2.75) is 45.1 Å². The third-order valence-corrected chi connectivity index (χ3v) is 3.82. The van der Waals surface area contributed by atoms with Gasteiger partial charge in [-0.2, -0.15) is 0 Å². The van der Waals surface area contributed by atoms with Crippen molar-refractivity contribution >= 4 is 11.6 Å². The lowest BCUT2D eigenvalue weighted by Crippen LogP contribution is -2.33. The average molecular weight is 246 g/mol. The molecule has 1 aromatic carbocycles. The SMILES string of the molecule is CC(N)CCc1ccc2c(c1)C(C)(C)C(=O)N2C. The largest absolute Gasteiger partial charge is 0.328 e. The van der Waals surface area contributed by atoms with E-state index < -0.39 is 5.41 Å². The molecule has 1 aliphatic rings. The van der Waals surface area contributed by atoms with Gasteiger partial charge in [-0.15, -0.1) is 0 Å². The number of nitrogens with zero attached hydrogens (tertiary/aromatic N) is 1. The monoisotopic (exact) mass is 246 g/mol. The van der Waals surface area contributed by atoms with Crippen molar-refractivity contribution in [1.29, 1.82) is 0 Å². The quantitative estimate of drug-likeness (QED) is 0.889. The summed E-state index contributed by atoms with van der Waals surface area (Å²) in [6.45, 7) is 6.01. The molecule has 0 radical (unpaired) electrons. The van der Waals surface area contributed by atoms with Crippen molar-refractivity contribution in [3.05, 3.63) is 29.3 Å². The lowest BCUT2D eigenvalue weighted by Gasteiger charge is -2.16. The van der Waals surface area contributed by atoms with Gasteiger partial charge in [0.1, 0.15) is 0 Å². The first kappa shape index (κ1) is 13.1. The zero-order valence-electron chi connectivity index (χ0n) is 11.7. The Morgan fingerprint density at radius 3 is 2.67 bits per heavy atom. The first-order valence-electron chi connectivity index (χ1n) is 6.51. The predicted octanol–water partition coefficient (Wildman–Crippen LogP) is 2.22. The minimum Gasteiger partial charge on any atom is -0.328 e. The van der Waals surface area contributed by atoms with Crippen molar-refractivity contribution in [3.63, 3.8) is 0 Å². The van der Waals surface area contributed by atoms with Crippen LogP contribution in [0, 0.1) is 0 Å². The van der Waals surface area contributed by atoms with Gasteiger partial charge in [-0.3, -0.25) is 4.79 Å². The Morgan fingerprint density at radius 2 is 2.06 bits per heavy atom. The molecule has 0 fully saturated rings. The molecule has 0 aliphatic carbocycles. The van der Waals surface area contributed by atoms with Gasteiger partial charge < -0.3 is 10.6 Å². The lowest BCUT2D eigenvalue weighted by molar-refractivity contribution is -0.121. The summed E-state index contributed by atoms with van der Waals surface area (Å²) in [6, 6.07) is 6.54. The zero-order chi connectivity index (χ0) is 13.5. The van der Waals surface area contributed by atoms with Crippen molar-refractivity contribution in [2.75, 3.05) is 11.9 Å². The topological polar surface area (TPSA) is 46.3 Å². The van der Waals surface area contributed by atoms with Crippen molar-refractivity contribution < 1.29 is 4.79 Å². The highest BCUT2D eigenvalue weighted by molar-refractivity contribution is 6.07. The van der Waals surface area contributed by atoms with Crippen LogP contribution in [0.4, 0.5) is 5.69 Å². The number of hydrogen-bond acceptors (Lipinski definition) is 2. The Kier molecular flexibility index (Phi) is 3.20. The number of anilines is 1. The minimum atomic E-state index is -0.408. The Bertz CT molecular complexity index is 477. The Hall–Kier alpha value is -1.35. The standard InChI is InChI=1S/C15H22N2O/c1-10(16)5-6-11-7-8-13-12(9-11)15(2,3)14(18)17(13)4/h7-10H,5-6,16H2,1-4H3. The summed E-state index contributed by atoms with van der Waals surface area (Å²) in [5, 5.41) is 0. The van der Waals surface area contributed by atoms with Crippen LogP contribution in [0.2, 0.25) is 0 Å². The summed E-state index contributed by atoms with van der Waals surface area (Å²) in [4.78, 5) is 13.9. The van der Waals surface area contributed by atoms with Crippen molar-refractivity contribution in [2.24, 2.45) is 5.73 Å². The highest BCUT2D eigenvalue weighted by Gasteiger charge is 2.42. The molecule has 3 nitrogen and oxygen atoms in total. The summed E-state index contributed by atoms with van der Waals surface area (Å²) in [5.41, 5.74) is 8.82. The number of carbonyl (C=O) groups is 1. The Balaban J connectivity index is 2.33. The summed E-state index contributed by atoms with van der Waals surface area (Å²) < 4.78 is 0. The fraction of sp³-hybridized carbons (Fsp3) is 0.533. The molecule has 1 unspecified atom stereocenters. The van der Waals surface area contributed by atoms with Gasteiger partial charge in [-0.05, 0) is 50.8 Å². The number of aryl methyl sites for hydroxylation is 1. The molecule has 1 amide bonds. The maximum Gasteiger partial charge on any atom is 0.236 e. The van der Waals surface area contributed by atoms with Gasteiger partial charge in [0.2, 0.25) is 5.91 Å². The van der Waals surface area contributed by atoms with Crippen LogP contribution in [0.15, 0.2) is 18.2 Å². The van der Waals surface area contributed by atoms with Crippen LogP contribution >= 0.6 is 0 Å². The molecule has 18 heavy (non-hydrogen) atoms. The Morgan fingerprint density at radius 1 is 1.39 bits per heavy atom. The second-order valence-corrected chi connectivity index (χ2v) is 5.86. The van der Waals surface area contributed by atoms with Crippen LogP contribution in [-0.2, 0) is 16.6 Å². The van der Waals surface area contributed by atoms with Crippen LogP contribution in [0.25, 0.3) is 0 Å². The first-order valence-corrected chi connectivity index (χ1v) is 6.51. The minimum absolute atomic E-state index is 0.168. The van der Waals surface area contributed by atoms with Gasteiger partial charge >= 0.3 is 0 Å². The number of likely N-dealkylation sites (N-methyl/N-ethyl adjacent to an activating group) is 1. The van der Waals surface area contributed by atoms with Crippen molar-refractivity contribution in [3.8, 4) is 0 Å². The maximum atomic E-state index is 12.2. The number of benzene rings is 1. The molecule has 0 bridgehead atoms. The van der Waals surface area contributed by atoms with E-state index in [0.717, 1.165) is 24.1 Å². The molecule has 98 valence electrons. The average Bonchev–Trinajstić information content (AvgIpc) is 2.49. The number of rotatable bonds is 3. The number of amides is 1. The summed E-state index contributed by atoms with van der Waals surface area (Å²) in [7, 11) is 1.84. The molecule has 1 aliphatic heterocycles. The fourth-order valence-electron chi connectivity index (χ4n) is 2.57. The van der Waals surface area contributed by atoms with Crippen LogP contribution < -0.4 is 10.6 Å². The third kappa shape index (κ3) is 2.03. The molecule has 0 aromatic heterocycles. The van der Waals surface area contributed by atoms with Crippen LogP contribution in [0.5, 0.6) is 0 Å². The van der Waals surface area contributed by atoms with E-state index in [1.54, 1.807) is 4.90 Å². The van der Waals surface area contributed by atoms with E-state index in [2.05, 4.69) is 18.2 Å². The first-order chi connectivity index (χ1) is 8.34. The molecule has 0 saturated heterocycles. The van der Waals surface area contributed by atoms with E-state index in [-0.39, 0.29) is 11.9 Å². The summed E-state index contributed by atoms with van der Waals surface area (Å²) in [6.07, 6.45) is 1.95. The zero-order valence-corrected chi connectivity index (χ0v) is 11.7. The van der Waals surface area contributed by atoms with Crippen molar-refractivity contribution in [1.82, 2.24) is 0 Å². The molecular weight excluding hydrogens is 224 g/mol. The number of fused-ring (bicyclic) bond motifs is 1. The third-order valence-electron chi connectivity index (χ3n) is 3.82. The van der Waals surface area contributed by atoms with E-state index in [1.165, 1.54) is 5.56 Å². The fourth-order valence-corrected chi connectivity index (χ4v) is 2.57. The molecule has 1 atom stereocenters. The second kappa shape index (κ2) is 4.39. The molecule has 0 spiro atoms. The highest BCUT2D eigenvalue weighted by atomic mass is 16.2. The summed E-state index contributed by atoms with van der Waals surface area (Å²) in [5.74, 6) is 0.168. The molecular formula is C15H22N2O. The van der Waals surface area contributed by atoms with E-state index in [1.807, 2.05) is 27.8 Å². The highest BCUT2D eigenvalue weighted by Crippen LogP contribution is 2.41. The van der Waals surface area contributed by atoms with E-state index in [4.69, 9.17) is 5.73 Å². The molecule has 1 aromatic rings.